The Balaban J connectivity index is 1.34. The number of rotatable bonds is 5. The summed E-state index contributed by atoms with van der Waals surface area (Å²) in [5, 5.41) is 12.5. The van der Waals surface area contributed by atoms with Crippen LogP contribution >= 0.6 is 38.5 Å². The van der Waals surface area contributed by atoms with Gasteiger partial charge in [-0.3, -0.25) is 14.6 Å². The first-order chi connectivity index (χ1) is 20.1. The number of piperidine rings is 2. The number of hydrogen-bond donors (Lipinski definition) is 3. The summed E-state index contributed by atoms with van der Waals surface area (Å²) in [5.41, 5.74) is 9.60. The highest BCUT2D eigenvalue weighted by molar-refractivity contribution is 14.1. The molecule has 0 radical (unpaired) electrons. The molecule has 3 aliphatic rings. The van der Waals surface area contributed by atoms with Crippen molar-refractivity contribution in [3.63, 3.8) is 0 Å². The lowest BCUT2D eigenvalue weighted by Gasteiger charge is -2.42. The summed E-state index contributed by atoms with van der Waals surface area (Å²) in [4.78, 5) is 38.1. The Morgan fingerprint density at radius 1 is 1.07 bits per heavy atom. The summed E-state index contributed by atoms with van der Waals surface area (Å²) in [6, 6.07) is 14.0. The van der Waals surface area contributed by atoms with Crippen LogP contribution in [0.5, 0.6) is 0 Å². The van der Waals surface area contributed by atoms with Gasteiger partial charge in [-0.1, -0.05) is 59.0 Å². The fraction of sp³-hybridized carbons (Fsp3) is 0.400. The van der Waals surface area contributed by atoms with Gasteiger partial charge in [-0.05, 0) is 34.8 Å². The first-order valence-electron chi connectivity index (χ1n) is 14.0. The molecule has 2 fully saturated rings. The molecule has 2 aromatic rings. The molecule has 222 valence electrons. The lowest BCUT2D eigenvalue weighted by Crippen LogP contribution is -2.57. The molecule has 0 unspecified atom stereocenters. The van der Waals surface area contributed by atoms with Gasteiger partial charge in [-0.2, -0.15) is 0 Å². The summed E-state index contributed by atoms with van der Waals surface area (Å²) in [6.45, 7) is 3.27. The van der Waals surface area contributed by atoms with E-state index in [-0.39, 0.29) is 30.6 Å². The van der Waals surface area contributed by atoms with Crippen LogP contribution in [0, 0.1) is 5.92 Å². The van der Waals surface area contributed by atoms with Gasteiger partial charge >= 0.3 is 0 Å². The van der Waals surface area contributed by atoms with Crippen molar-refractivity contribution in [3.05, 3.63) is 70.3 Å². The molecule has 42 heavy (non-hydrogen) atoms. The number of aromatic nitrogens is 1. The number of nitrogens with two attached hydrogens (primary N) is 2. The predicted octanol–water partition coefficient (Wildman–Crippen LogP) is 3.62. The van der Waals surface area contributed by atoms with Crippen LogP contribution in [0.2, 0.25) is 0 Å². The molecule has 0 atom stereocenters. The van der Waals surface area contributed by atoms with Gasteiger partial charge in [0.05, 0.1) is 15.9 Å². The topological polar surface area (TPSA) is 141 Å². The van der Waals surface area contributed by atoms with Gasteiger partial charge in [0.1, 0.15) is 11.4 Å². The Morgan fingerprint density at radius 2 is 1.74 bits per heavy atom. The fourth-order valence-electron chi connectivity index (χ4n) is 5.73. The number of hydrogen-bond acceptors (Lipinski definition) is 8. The van der Waals surface area contributed by atoms with Crippen molar-refractivity contribution in [2.75, 3.05) is 30.6 Å². The minimum absolute atomic E-state index is 0.0351. The van der Waals surface area contributed by atoms with Crippen molar-refractivity contribution in [2.24, 2.45) is 22.5 Å². The van der Waals surface area contributed by atoms with Crippen molar-refractivity contribution in [3.8, 4) is 11.3 Å². The maximum absolute atomic E-state index is 13.3. The molecule has 12 heteroatoms. The highest BCUT2D eigenvalue weighted by Gasteiger charge is 2.43. The minimum atomic E-state index is -1.43. The van der Waals surface area contributed by atoms with Crippen molar-refractivity contribution < 1.29 is 14.7 Å². The van der Waals surface area contributed by atoms with E-state index < -0.39 is 5.60 Å². The Labute approximate surface area is 267 Å². The third-order valence-electron chi connectivity index (χ3n) is 8.35. The van der Waals surface area contributed by atoms with Gasteiger partial charge in [-0.25, -0.2) is 15.8 Å². The third-order valence-corrected chi connectivity index (χ3v) is 9.93. The zero-order chi connectivity index (χ0) is 30.0. The Morgan fingerprint density at radius 3 is 2.31 bits per heavy atom. The van der Waals surface area contributed by atoms with E-state index in [1.165, 1.54) is 11.9 Å². The standard InChI is InChI=1S/C30H35BrIN7O3/c1-19(40)37-15-11-30(42,12-16-37)29(41)38-13-9-21(10-14-38)26-25(31)27(33)39(34)28(36-26)23(17-32)22-7-8-24(35-18-22)20-5-3-2-4-6-20/h2-8,18,21,42H,9-17,33-34H2,1H3/b28-23+. The number of nitrogens with zero attached hydrogens (tertiary/aromatic N) is 5. The van der Waals surface area contributed by atoms with Gasteiger partial charge in [-0.15, -0.1) is 0 Å². The Bertz CT molecular complexity index is 1430. The normalized spacial score (nSPS) is 20.9. The average Bonchev–Trinajstić information content (AvgIpc) is 3.02. The van der Waals surface area contributed by atoms with Gasteiger partial charge in [0.2, 0.25) is 5.91 Å². The molecule has 3 aliphatic heterocycles. The molecule has 5 N–H and O–H groups in total. The number of hydrazine groups is 1. The van der Waals surface area contributed by atoms with Crippen molar-refractivity contribution in [1.29, 1.82) is 0 Å². The number of pyridine rings is 1. The van der Waals surface area contributed by atoms with Gasteiger partial charge in [0.25, 0.3) is 5.91 Å². The zero-order valence-corrected chi connectivity index (χ0v) is 27.2. The predicted molar refractivity (Wildman–Crippen MR) is 175 cm³/mol. The van der Waals surface area contributed by atoms with Crippen LogP contribution in [0.1, 0.15) is 38.2 Å². The first kappa shape index (κ1) is 30.6. The minimum Gasteiger partial charge on any atom is -0.383 e. The number of likely N-dealkylation sites (tertiary alicyclic amines) is 2. The first-order valence-corrected chi connectivity index (χ1v) is 16.3. The fourth-order valence-corrected chi connectivity index (χ4v) is 7.11. The van der Waals surface area contributed by atoms with Crippen molar-refractivity contribution >= 4 is 61.6 Å². The zero-order valence-electron chi connectivity index (χ0n) is 23.5. The second kappa shape index (κ2) is 12.8. The van der Waals surface area contributed by atoms with Gasteiger partial charge in [0.15, 0.2) is 5.82 Å². The van der Waals surface area contributed by atoms with Crippen LogP contribution in [0.3, 0.4) is 0 Å². The maximum atomic E-state index is 13.3. The van der Waals surface area contributed by atoms with Crippen LogP contribution < -0.4 is 11.6 Å². The highest BCUT2D eigenvalue weighted by Crippen LogP contribution is 2.36. The van der Waals surface area contributed by atoms with E-state index >= 15 is 0 Å². The highest BCUT2D eigenvalue weighted by atomic mass is 127. The monoisotopic (exact) mass is 747 g/mol. The smallest absolute Gasteiger partial charge is 0.254 e. The number of carbonyl (C=O) groups is 2. The van der Waals surface area contributed by atoms with E-state index in [1.807, 2.05) is 48.7 Å². The van der Waals surface area contributed by atoms with E-state index in [1.54, 1.807) is 9.80 Å². The van der Waals surface area contributed by atoms with Crippen LogP contribution in [0.15, 0.2) is 69.8 Å². The lowest BCUT2D eigenvalue weighted by molar-refractivity contribution is -0.159. The molecule has 10 nitrogen and oxygen atoms in total. The van der Waals surface area contributed by atoms with Crippen LogP contribution in [0.4, 0.5) is 0 Å². The number of halogens is 2. The second-order valence-electron chi connectivity index (χ2n) is 10.9. The average molecular weight is 748 g/mol. The van der Waals surface area contributed by atoms with E-state index in [4.69, 9.17) is 16.6 Å². The van der Waals surface area contributed by atoms with Gasteiger partial charge < -0.3 is 20.6 Å². The third kappa shape index (κ3) is 6.12. The van der Waals surface area contributed by atoms with Crippen molar-refractivity contribution in [1.82, 2.24) is 19.8 Å². The quantitative estimate of drug-likeness (QED) is 0.241. The van der Waals surface area contributed by atoms with E-state index in [0.29, 0.717) is 59.6 Å². The summed E-state index contributed by atoms with van der Waals surface area (Å²) in [7, 11) is 0. The Kier molecular flexibility index (Phi) is 9.35. The molecule has 5 rings (SSSR count). The largest absolute Gasteiger partial charge is 0.383 e. The SMILES string of the molecule is CC(=O)N1CCC(O)(C(=O)N2CCC(C3=N/C(=C(/CI)c4ccc(-c5ccccc5)nc4)N(N)C(N)=C3Br)CC2)CC1. The number of aliphatic hydroxyl groups is 1. The van der Waals surface area contributed by atoms with E-state index in [2.05, 4.69) is 43.5 Å². The van der Waals surface area contributed by atoms with Crippen LogP contribution in [-0.4, -0.2) is 78.6 Å². The summed E-state index contributed by atoms with van der Waals surface area (Å²) in [6.07, 6.45) is 3.69. The van der Waals surface area contributed by atoms with E-state index in [0.717, 1.165) is 28.1 Å². The maximum Gasteiger partial charge on any atom is 0.254 e. The van der Waals surface area contributed by atoms with Crippen LogP contribution in [0.25, 0.3) is 16.8 Å². The second-order valence-corrected chi connectivity index (χ2v) is 12.5. The molecule has 0 spiro atoms. The number of benzene rings is 1. The molecule has 4 heterocycles. The molecule has 0 aliphatic carbocycles. The number of alkyl halides is 1. The number of carbonyl (C=O) groups excluding carboxylic acids is 2. The number of aliphatic imine (C=N–C) groups is 1. The van der Waals surface area contributed by atoms with Crippen molar-refractivity contribution in [2.45, 2.75) is 38.2 Å². The number of allylic oxidation sites excluding steroid dienone is 2. The molecular formula is C30H35BrIN7O3. The van der Waals surface area contributed by atoms with Gasteiger partial charge in [0, 0.05) is 79.2 Å². The summed E-state index contributed by atoms with van der Waals surface area (Å²) >= 11 is 5.93. The summed E-state index contributed by atoms with van der Waals surface area (Å²) in [5.74, 6) is 7.16. The molecule has 0 saturated carbocycles. The number of amides is 2. The molecule has 2 amide bonds. The molecule has 1 aromatic heterocycles. The van der Waals surface area contributed by atoms with Crippen LogP contribution in [-0.2, 0) is 9.59 Å². The molecule has 0 bridgehead atoms. The Hall–Kier alpha value is -2.81. The molecule has 1 aromatic carbocycles. The molecular weight excluding hydrogens is 713 g/mol. The lowest BCUT2D eigenvalue weighted by atomic mass is 9.86. The molecule has 2 saturated heterocycles. The summed E-state index contributed by atoms with van der Waals surface area (Å²) < 4.78 is 1.29. The van der Waals surface area contributed by atoms with E-state index in [9.17, 15) is 14.7 Å².